The Labute approximate surface area is 169 Å². The minimum Gasteiger partial charge on any atom is -0.497 e. The van der Waals surface area contributed by atoms with Crippen molar-refractivity contribution in [2.24, 2.45) is 0 Å². The quantitative estimate of drug-likeness (QED) is 0.609. The molecule has 0 atom stereocenters. The van der Waals surface area contributed by atoms with E-state index in [1.54, 1.807) is 13.2 Å². The molecule has 144 valence electrons. The van der Waals surface area contributed by atoms with Gasteiger partial charge in [-0.25, -0.2) is 0 Å². The van der Waals surface area contributed by atoms with Gasteiger partial charge in [0.15, 0.2) is 0 Å². The molecule has 0 spiro atoms. The van der Waals surface area contributed by atoms with Crippen LogP contribution in [0.3, 0.4) is 0 Å². The van der Waals surface area contributed by atoms with E-state index in [0.29, 0.717) is 16.5 Å². The molecule has 3 aromatic rings. The number of ether oxygens (including phenoxy) is 1. The summed E-state index contributed by atoms with van der Waals surface area (Å²) >= 11 is 1.35. The Morgan fingerprint density at radius 1 is 1.00 bits per heavy atom. The van der Waals surface area contributed by atoms with Crippen LogP contribution < -0.4 is 10.1 Å². The fraction of sp³-hybridized carbons (Fsp3) is 0.227. The number of nitrogens with zero attached hydrogens (tertiary/aromatic N) is 2. The first-order valence-electron chi connectivity index (χ1n) is 8.95. The number of aromatic nitrogens is 2. The predicted molar refractivity (Wildman–Crippen MR) is 114 cm³/mol. The number of thioether (sulfide) groups is 1. The van der Waals surface area contributed by atoms with E-state index in [1.807, 2.05) is 30.3 Å². The predicted octanol–water partition coefficient (Wildman–Crippen LogP) is 4.81. The molecule has 3 rings (SSSR count). The van der Waals surface area contributed by atoms with Crippen molar-refractivity contribution in [3.63, 3.8) is 0 Å². The van der Waals surface area contributed by atoms with E-state index in [9.17, 15) is 4.79 Å². The Balaban J connectivity index is 1.61. The number of rotatable bonds is 6. The summed E-state index contributed by atoms with van der Waals surface area (Å²) in [7, 11) is 1.60. The molecular weight excluding hydrogens is 370 g/mol. The van der Waals surface area contributed by atoms with Crippen LogP contribution in [0.15, 0.2) is 53.6 Å². The van der Waals surface area contributed by atoms with E-state index < -0.39 is 0 Å². The first-order chi connectivity index (χ1) is 13.5. The number of methoxy groups -OCH3 is 1. The molecular formula is C22H23N3O2S. The summed E-state index contributed by atoms with van der Waals surface area (Å²) in [4.78, 5) is 12.2. The molecule has 2 aromatic carbocycles. The molecule has 5 nitrogen and oxygen atoms in total. The van der Waals surface area contributed by atoms with Crippen LogP contribution in [-0.2, 0) is 4.79 Å². The third-order valence-electron chi connectivity index (χ3n) is 4.46. The lowest BCUT2D eigenvalue weighted by Crippen LogP contribution is -2.14. The van der Waals surface area contributed by atoms with Crippen LogP contribution in [0, 0.1) is 20.8 Å². The van der Waals surface area contributed by atoms with E-state index in [1.165, 1.54) is 28.5 Å². The van der Waals surface area contributed by atoms with Gasteiger partial charge in [0.1, 0.15) is 10.8 Å². The zero-order valence-corrected chi connectivity index (χ0v) is 17.3. The SMILES string of the molecule is COc1cccc(NC(=O)CSc2ccc(-c3cc(C)c(C)cc3C)nn2)c1. The van der Waals surface area contributed by atoms with Gasteiger partial charge in [0.25, 0.3) is 0 Å². The molecule has 1 heterocycles. The number of hydrogen-bond acceptors (Lipinski definition) is 5. The minimum atomic E-state index is -0.103. The Hall–Kier alpha value is -2.86. The second-order valence-electron chi connectivity index (χ2n) is 6.58. The molecule has 0 aliphatic rings. The standard InChI is InChI=1S/C22H23N3O2S/c1-14-10-16(3)19(11-15(14)2)20-8-9-22(25-24-20)28-13-21(26)23-17-6-5-7-18(12-17)27-4/h5-12H,13H2,1-4H3,(H,23,26). The average molecular weight is 394 g/mol. The maximum atomic E-state index is 12.2. The summed E-state index contributed by atoms with van der Waals surface area (Å²) < 4.78 is 5.16. The van der Waals surface area contributed by atoms with Gasteiger partial charge in [-0.2, -0.15) is 0 Å². The summed E-state index contributed by atoms with van der Waals surface area (Å²) in [6, 6.07) is 15.4. The molecule has 1 aromatic heterocycles. The molecule has 0 fully saturated rings. The van der Waals surface area contributed by atoms with E-state index in [4.69, 9.17) is 4.74 Å². The molecule has 0 unspecified atom stereocenters. The van der Waals surface area contributed by atoms with Gasteiger partial charge in [0.2, 0.25) is 5.91 Å². The van der Waals surface area contributed by atoms with Crippen molar-refractivity contribution in [1.82, 2.24) is 10.2 Å². The highest BCUT2D eigenvalue weighted by Crippen LogP contribution is 2.26. The Kier molecular flexibility index (Phi) is 6.31. The van der Waals surface area contributed by atoms with Crippen LogP contribution >= 0.6 is 11.8 Å². The highest BCUT2D eigenvalue weighted by Gasteiger charge is 2.09. The third kappa shape index (κ3) is 4.89. The van der Waals surface area contributed by atoms with Gasteiger partial charge in [-0.3, -0.25) is 4.79 Å². The summed E-state index contributed by atoms with van der Waals surface area (Å²) in [5, 5.41) is 12.2. The van der Waals surface area contributed by atoms with Crippen LogP contribution in [0.25, 0.3) is 11.3 Å². The van der Waals surface area contributed by atoms with Crippen LogP contribution in [0.4, 0.5) is 5.69 Å². The van der Waals surface area contributed by atoms with E-state index in [0.717, 1.165) is 11.3 Å². The van der Waals surface area contributed by atoms with Crippen molar-refractivity contribution >= 4 is 23.4 Å². The smallest absolute Gasteiger partial charge is 0.234 e. The van der Waals surface area contributed by atoms with Gasteiger partial charge in [0.05, 0.1) is 18.6 Å². The lowest BCUT2D eigenvalue weighted by molar-refractivity contribution is -0.113. The van der Waals surface area contributed by atoms with Gasteiger partial charge in [-0.15, -0.1) is 10.2 Å². The lowest BCUT2D eigenvalue weighted by atomic mass is 9.99. The fourth-order valence-electron chi connectivity index (χ4n) is 2.81. The van der Waals surface area contributed by atoms with Gasteiger partial charge >= 0.3 is 0 Å². The zero-order valence-electron chi connectivity index (χ0n) is 16.4. The molecule has 0 radical (unpaired) electrons. The van der Waals surface area contributed by atoms with Gasteiger partial charge in [-0.05, 0) is 67.8 Å². The molecule has 0 aliphatic carbocycles. The number of carbonyl (C=O) groups excluding carboxylic acids is 1. The molecule has 0 aliphatic heterocycles. The summed E-state index contributed by atoms with van der Waals surface area (Å²) in [6.45, 7) is 6.28. The molecule has 6 heteroatoms. The van der Waals surface area contributed by atoms with E-state index in [-0.39, 0.29) is 11.7 Å². The second-order valence-corrected chi connectivity index (χ2v) is 7.57. The number of amides is 1. The fourth-order valence-corrected chi connectivity index (χ4v) is 3.43. The zero-order chi connectivity index (χ0) is 20.1. The highest BCUT2D eigenvalue weighted by atomic mass is 32.2. The van der Waals surface area contributed by atoms with Gasteiger partial charge < -0.3 is 10.1 Å². The molecule has 0 bridgehead atoms. The summed E-state index contributed by atoms with van der Waals surface area (Å²) in [5.41, 5.74) is 6.30. The van der Waals surface area contributed by atoms with Crippen LogP contribution in [-0.4, -0.2) is 29.0 Å². The Bertz CT molecular complexity index is 988. The third-order valence-corrected chi connectivity index (χ3v) is 5.38. The van der Waals surface area contributed by atoms with E-state index >= 15 is 0 Å². The van der Waals surface area contributed by atoms with Crippen molar-refractivity contribution in [3.05, 3.63) is 65.2 Å². The van der Waals surface area contributed by atoms with Crippen molar-refractivity contribution in [2.75, 3.05) is 18.2 Å². The monoisotopic (exact) mass is 393 g/mol. The largest absolute Gasteiger partial charge is 0.497 e. The number of aryl methyl sites for hydroxylation is 3. The number of hydrogen-bond donors (Lipinski definition) is 1. The van der Waals surface area contributed by atoms with Crippen molar-refractivity contribution < 1.29 is 9.53 Å². The van der Waals surface area contributed by atoms with Crippen LogP contribution in [0.2, 0.25) is 0 Å². The topological polar surface area (TPSA) is 64.1 Å². The van der Waals surface area contributed by atoms with E-state index in [2.05, 4.69) is 48.4 Å². The molecule has 0 saturated carbocycles. The Morgan fingerprint density at radius 3 is 2.50 bits per heavy atom. The first kappa shape index (κ1) is 19.9. The molecule has 1 N–H and O–H groups in total. The molecule has 28 heavy (non-hydrogen) atoms. The maximum Gasteiger partial charge on any atom is 0.234 e. The van der Waals surface area contributed by atoms with Crippen molar-refractivity contribution in [1.29, 1.82) is 0 Å². The van der Waals surface area contributed by atoms with Gasteiger partial charge in [-0.1, -0.05) is 23.9 Å². The van der Waals surface area contributed by atoms with Crippen LogP contribution in [0.1, 0.15) is 16.7 Å². The Morgan fingerprint density at radius 2 is 1.79 bits per heavy atom. The number of benzene rings is 2. The van der Waals surface area contributed by atoms with Crippen molar-refractivity contribution in [3.8, 4) is 17.0 Å². The lowest BCUT2D eigenvalue weighted by Gasteiger charge is -2.09. The van der Waals surface area contributed by atoms with Crippen molar-refractivity contribution in [2.45, 2.75) is 25.8 Å². The minimum absolute atomic E-state index is 0.103. The summed E-state index contributed by atoms with van der Waals surface area (Å²) in [5.74, 6) is 0.858. The molecule has 1 amide bonds. The number of carbonyl (C=O) groups is 1. The first-order valence-corrected chi connectivity index (χ1v) is 9.93. The average Bonchev–Trinajstić information content (AvgIpc) is 2.70. The van der Waals surface area contributed by atoms with Gasteiger partial charge in [0, 0.05) is 17.3 Å². The summed E-state index contributed by atoms with van der Waals surface area (Å²) in [6.07, 6.45) is 0. The normalized spacial score (nSPS) is 10.6. The maximum absolute atomic E-state index is 12.2. The second kappa shape index (κ2) is 8.89. The number of anilines is 1. The highest BCUT2D eigenvalue weighted by molar-refractivity contribution is 7.99. The number of nitrogens with one attached hydrogen (secondary N) is 1. The van der Waals surface area contributed by atoms with Crippen LogP contribution in [0.5, 0.6) is 5.75 Å². The molecule has 0 saturated heterocycles.